The summed E-state index contributed by atoms with van der Waals surface area (Å²) < 4.78 is 19.1. The van der Waals surface area contributed by atoms with E-state index in [1.807, 2.05) is 13.8 Å². The number of nitrogens with one attached hydrogen (secondary N) is 1. The molecule has 4 nitrogen and oxygen atoms in total. The maximum absolute atomic E-state index is 13.5. The van der Waals surface area contributed by atoms with Crippen LogP contribution in [-0.2, 0) is 4.79 Å². The lowest BCUT2D eigenvalue weighted by atomic mass is 10.1. The van der Waals surface area contributed by atoms with Crippen molar-refractivity contribution in [1.29, 1.82) is 5.26 Å². The first-order chi connectivity index (χ1) is 12.4. The Hall–Kier alpha value is -2.84. The molecule has 0 saturated heterocycles. The van der Waals surface area contributed by atoms with Crippen LogP contribution in [0, 0.1) is 23.1 Å². The van der Waals surface area contributed by atoms with Crippen molar-refractivity contribution in [2.45, 2.75) is 20.3 Å². The van der Waals surface area contributed by atoms with Gasteiger partial charge in [-0.25, -0.2) is 4.39 Å². The number of halogens is 2. The topological polar surface area (TPSA) is 65.9 Å². The molecule has 0 aliphatic rings. The molecular weight excluding hydrogens is 355 g/mol. The Morgan fingerprint density at radius 1 is 1.31 bits per heavy atom. The number of nitriles is 1. The van der Waals surface area contributed by atoms with Crippen molar-refractivity contribution in [1.82, 2.24) is 4.98 Å². The number of aromatic amines is 1. The molecule has 0 aliphatic carbocycles. The van der Waals surface area contributed by atoms with E-state index in [2.05, 4.69) is 11.1 Å². The van der Waals surface area contributed by atoms with E-state index in [0.29, 0.717) is 33.5 Å². The molecule has 6 heteroatoms. The fraction of sp³-hybridized carbons (Fsp3) is 0.200. The highest BCUT2D eigenvalue weighted by Crippen LogP contribution is 2.39. The van der Waals surface area contributed by atoms with Gasteiger partial charge in [-0.3, -0.25) is 4.79 Å². The highest BCUT2D eigenvalue weighted by Gasteiger charge is 2.19. The van der Waals surface area contributed by atoms with Gasteiger partial charge in [-0.15, -0.1) is 0 Å². The monoisotopic (exact) mass is 370 g/mol. The lowest BCUT2D eigenvalue weighted by molar-refractivity contribution is -0.135. The Labute approximate surface area is 155 Å². The van der Waals surface area contributed by atoms with E-state index in [0.717, 1.165) is 0 Å². The molecule has 3 aromatic rings. The van der Waals surface area contributed by atoms with Gasteiger partial charge in [0.25, 0.3) is 0 Å². The van der Waals surface area contributed by atoms with Crippen molar-refractivity contribution in [3.63, 3.8) is 0 Å². The van der Waals surface area contributed by atoms with Gasteiger partial charge in [0, 0.05) is 22.9 Å². The minimum absolute atomic E-state index is 0.0293. The van der Waals surface area contributed by atoms with Crippen LogP contribution in [0.1, 0.15) is 25.8 Å². The normalized spacial score (nSPS) is 10.9. The number of fused-ring (bicyclic) bond motifs is 1. The number of carbonyl (C=O) groups excluding carboxylic acids is 1. The molecule has 2 aromatic carbocycles. The van der Waals surface area contributed by atoms with Crippen molar-refractivity contribution >= 4 is 28.5 Å². The maximum Gasteiger partial charge on any atom is 0.311 e. The van der Waals surface area contributed by atoms with E-state index >= 15 is 0 Å². The molecule has 0 unspecified atom stereocenters. The average molecular weight is 371 g/mol. The van der Waals surface area contributed by atoms with Gasteiger partial charge in [0.05, 0.1) is 22.3 Å². The third kappa shape index (κ3) is 3.56. The predicted molar refractivity (Wildman–Crippen MR) is 98.5 cm³/mol. The number of ether oxygens (including phenoxy) is 1. The minimum atomic E-state index is -0.531. The first kappa shape index (κ1) is 18.0. The molecule has 132 valence electrons. The predicted octanol–water partition coefficient (Wildman–Crippen LogP) is 5.45. The lowest BCUT2D eigenvalue weighted by Gasteiger charge is -2.09. The van der Waals surface area contributed by atoms with Crippen LogP contribution in [0.5, 0.6) is 5.75 Å². The lowest BCUT2D eigenvalue weighted by Crippen LogP contribution is -2.11. The van der Waals surface area contributed by atoms with Crippen LogP contribution in [0.4, 0.5) is 4.39 Å². The van der Waals surface area contributed by atoms with Crippen molar-refractivity contribution in [2.24, 2.45) is 5.92 Å². The zero-order valence-corrected chi connectivity index (χ0v) is 15.0. The van der Waals surface area contributed by atoms with E-state index in [9.17, 15) is 9.18 Å². The third-order valence-corrected chi connectivity index (χ3v) is 4.17. The summed E-state index contributed by atoms with van der Waals surface area (Å²) in [5, 5.41) is 9.73. The number of esters is 1. The van der Waals surface area contributed by atoms with Crippen molar-refractivity contribution in [2.75, 3.05) is 0 Å². The summed E-state index contributed by atoms with van der Waals surface area (Å²) in [7, 11) is 0. The molecule has 0 spiro atoms. The standard InChI is InChI=1S/C20H16ClFN2O2/c1-11(2)7-18(25)26-20-14-8-12(10-23)3-6-17(14)24-19(20)13-4-5-16(22)15(21)9-13/h3-6,8-9,11,24H,7H2,1-2H3. The molecule has 0 amide bonds. The second kappa shape index (κ2) is 7.19. The van der Waals surface area contributed by atoms with Crippen molar-refractivity contribution < 1.29 is 13.9 Å². The van der Waals surface area contributed by atoms with Gasteiger partial charge in [0.2, 0.25) is 0 Å². The second-order valence-electron chi connectivity index (χ2n) is 6.40. The number of hydrogen-bond donors (Lipinski definition) is 1. The molecule has 0 aliphatic heterocycles. The number of aromatic nitrogens is 1. The number of hydrogen-bond acceptors (Lipinski definition) is 3. The molecule has 0 saturated carbocycles. The van der Waals surface area contributed by atoms with Gasteiger partial charge in [0.1, 0.15) is 5.82 Å². The molecule has 26 heavy (non-hydrogen) atoms. The molecule has 1 N–H and O–H groups in total. The van der Waals surface area contributed by atoms with Gasteiger partial charge >= 0.3 is 5.97 Å². The van der Waals surface area contributed by atoms with E-state index in [1.54, 1.807) is 24.3 Å². The molecule has 3 rings (SSSR count). The van der Waals surface area contributed by atoms with Crippen molar-refractivity contribution in [3.05, 3.63) is 52.8 Å². The van der Waals surface area contributed by atoms with E-state index in [-0.39, 0.29) is 23.3 Å². The van der Waals surface area contributed by atoms with E-state index < -0.39 is 5.82 Å². The van der Waals surface area contributed by atoms with Gasteiger partial charge in [-0.05, 0) is 42.3 Å². The van der Waals surface area contributed by atoms with Crippen LogP contribution < -0.4 is 4.74 Å². The Kier molecular flexibility index (Phi) is 4.97. The summed E-state index contributed by atoms with van der Waals surface area (Å²) in [4.78, 5) is 15.4. The molecule has 0 bridgehead atoms. The summed E-state index contributed by atoms with van der Waals surface area (Å²) in [6.07, 6.45) is 0.258. The highest BCUT2D eigenvalue weighted by molar-refractivity contribution is 6.31. The van der Waals surface area contributed by atoms with Crippen molar-refractivity contribution in [3.8, 4) is 23.1 Å². The average Bonchev–Trinajstić information content (AvgIpc) is 2.94. The Morgan fingerprint density at radius 2 is 2.08 bits per heavy atom. The number of H-pyrrole nitrogens is 1. The largest absolute Gasteiger partial charge is 0.424 e. The first-order valence-corrected chi connectivity index (χ1v) is 8.48. The summed E-state index contributed by atoms with van der Waals surface area (Å²) >= 11 is 5.90. The highest BCUT2D eigenvalue weighted by atomic mass is 35.5. The molecule has 0 radical (unpaired) electrons. The Morgan fingerprint density at radius 3 is 2.73 bits per heavy atom. The van der Waals surface area contributed by atoms with E-state index in [4.69, 9.17) is 21.6 Å². The smallest absolute Gasteiger partial charge is 0.311 e. The van der Waals surface area contributed by atoms with Gasteiger partial charge < -0.3 is 9.72 Å². The van der Waals surface area contributed by atoms with Gasteiger partial charge in [-0.2, -0.15) is 5.26 Å². The fourth-order valence-electron chi connectivity index (χ4n) is 2.69. The third-order valence-electron chi connectivity index (χ3n) is 3.88. The van der Waals surface area contributed by atoms with Gasteiger partial charge in [0.15, 0.2) is 5.75 Å². The minimum Gasteiger partial charge on any atom is -0.424 e. The molecule has 0 fully saturated rings. The summed E-state index contributed by atoms with van der Waals surface area (Å²) in [6, 6.07) is 11.4. The van der Waals surface area contributed by atoms with Crippen LogP contribution in [-0.4, -0.2) is 11.0 Å². The molecule has 1 aromatic heterocycles. The summed E-state index contributed by atoms with van der Waals surface area (Å²) in [5.74, 6) is -0.453. The van der Waals surface area contributed by atoms with Crippen LogP contribution in [0.15, 0.2) is 36.4 Å². The number of carbonyl (C=O) groups is 1. The zero-order chi connectivity index (χ0) is 18.8. The Bertz CT molecular complexity index is 1030. The van der Waals surface area contributed by atoms with Crippen LogP contribution in [0.3, 0.4) is 0 Å². The zero-order valence-electron chi connectivity index (χ0n) is 14.3. The molecule has 0 atom stereocenters. The molecule has 1 heterocycles. The quantitative estimate of drug-likeness (QED) is 0.621. The van der Waals surface area contributed by atoms with Crippen LogP contribution in [0.2, 0.25) is 5.02 Å². The molecular formula is C20H16ClFN2O2. The number of nitrogens with zero attached hydrogens (tertiary/aromatic N) is 1. The van der Waals surface area contributed by atoms with Crippen LogP contribution >= 0.6 is 11.6 Å². The second-order valence-corrected chi connectivity index (χ2v) is 6.81. The van der Waals surface area contributed by atoms with Gasteiger partial charge in [-0.1, -0.05) is 25.4 Å². The maximum atomic E-state index is 13.5. The van der Waals surface area contributed by atoms with Crippen LogP contribution in [0.25, 0.3) is 22.2 Å². The first-order valence-electron chi connectivity index (χ1n) is 8.11. The Balaban J connectivity index is 2.17. The van der Waals surface area contributed by atoms with E-state index in [1.165, 1.54) is 12.1 Å². The number of rotatable bonds is 4. The fourth-order valence-corrected chi connectivity index (χ4v) is 2.87. The SMILES string of the molecule is CC(C)CC(=O)Oc1c(-c2ccc(F)c(Cl)c2)[nH]c2ccc(C#N)cc12. The summed E-state index contributed by atoms with van der Waals surface area (Å²) in [5.41, 5.74) is 2.24. The summed E-state index contributed by atoms with van der Waals surface area (Å²) in [6.45, 7) is 3.84. The number of benzene rings is 2.